The monoisotopic (exact) mass is 242 g/mol. The molecule has 2 N–H and O–H groups in total. The maximum atomic E-state index is 9.60. The number of ether oxygens (including phenoxy) is 1. The van der Waals surface area contributed by atoms with E-state index >= 15 is 0 Å². The molecule has 0 aromatic heterocycles. The average molecular weight is 242 g/mol. The van der Waals surface area contributed by atoms with Crippen LogP contribution in [0.5, 0.6) is 0 Å². The molecule has 100 valence electrons. The van der Waals surface area contributed by atoms with Crippen LogP contribution in [0.1, 0.15) is 25.7 Å². The molecule has 3 atom stereocenters. The van der Waals surface area contributed by atoms with Crippen molar-refractivity contribution in [2.75, 3.05) is 39.8 Å². The standard InChI is InChI=1S/C13H26N2O2/c1-15-5-6-17-13(10-15)9-14-8-11-3-2-4-12(16)7-11/h11-14,16H,2-10H2,1H3. The van der Waals surface area contributed by atoms with Crippen molar-refractivity contribution in [3.8, 4) is 0 Å². The summed E-state index contributed by atoms with van der Waals surface area (Å²) < 4.78 is 5.71. The van der Waals surface area contributed by atoms with Crippen molar-refractivity contribution in [2.45, 2.75) is 37.9 Å². The third-order valence-corrected chi connectivity index (χ3v) is 3.90. The van der Waals surface area contributed by atoms with Crippen molar-refractivity contribution in [3.63, 3.8) is 0 Å². The highest BCUT2D eigenvalue weighted by atomic mass is 16.5. The van der Waals surface area contributed by atoms with Crippen LogP contribution in [-0.4, -0.2) is 62.0 Å². The lowest BCUT2D eigenvalue weighted by atomic mass is 9.87. The van der Waals surface area contributed by atoms with Gasteiger partial charge in [0.25, 0.3) is 0 Å². The molecule has 0 amide bonds. The summed E-state index contributed by atoms with van der Waals surface area (Å²) in [5.41, 5.74) is 0. The second-order valence-electron chi connectivity index (χ2n) is 5.60. The molecular weight excluding hydrogens is 216 g/mol. The normalized spacial score (nSPS) is 36.0. The van der Waals surface area contributed by atoms with Crippen molar-refractivity contribution in [2.24, 2.45) is 5.92 Å². The molecule has 1 aliphatic heterocycles. The van der Waals surface area contributed by atoms with Crippen LogP contribution in [0, 0.1) is 5.92 Å². The van der Waals surface area contributed by atoms with E-state index in [0.29, 0.717) is 12.0 Å². The summed E-state index contributed by atoms with van der Waals surface area (Å²) in [6, 6.07) is 0. The Bertz CT molecular complexity index is 203. The summed E-state index contributed by atoms with van der Waals surface area (Å²) in [5, 5.41) is 13.1. The molecule has 1 aliphatic carbocycles. The van der Waals surface area contributed by atoms with Crippen LogP contribution in [0.25, 0.3) is 0 Å². The van der Waals surface area contributed by atoms with E-state index in [1.807, 2.05) is 0 Å². The molecule has 17 heavy (non-hydrogen) atoms. The highest BCUT2D eigenvalue weighted by Gasteiger charge is 2.21. The molecule has 2 aliphatic rings. The van der Waals surface area contributed by atoms with E-state index in [1.165, 1.54) is 12.8 Å². The molecule has 1 saturated heterocycles. The number of aliphatic hydroxyl groups is 1. The lowest BCUT2D eigenvalue weighted by molar-refractivity contribution is -0.0188. The molecule has 1 heterocycles. The van der Waals surface area contributed by atoms with Crippen LogP contribution in [-0.2, 0) is 4.74 Å². The highest BCUT2D eigenvalue weighted by Crippen LogP contribution is 2.23. The minimum absolute atomic E-state index is 0.0624. The Hall–Kier alpha value is -0.160. The van der Waals surface area contributed by atoms with Gasteiger partial charge < -0.3 is 20.1 Å². The lowest BCUT2D eigenvalue weighted by Crippen LogP contribution is -2.45. The largest absolute Gasteiger partial charge is 0.393 e. The van der Waals surface area contributed by atoms with Gasteiger partial charge in [0.05, 0.1) is 18.8 Å². The van der Waals surface area contributed by atoms with Gasteiger partial charge in [-0.1, -0.05) is 6.42 Å². The second kappa shape index (κ2) is 6.69. The first-order chi connectivity index (χ1) is 8.24. The Kier molecular flexibility index (Phi) is 5.22. The van der Waals surface area contributed by atoms with Crippen LogP contribution in [0.4, 0.5) is 0 Å². The molecule has 0 aromatic carbocycles. The predicted molar refractivity (Wildman–Crippen MR) is 68.1 cm³/mol. The third kappa shape index (κ3) is 4.54. The zero-order valence-corrected chi connectivity index (χ0v) is 10.9. The quantitative estimate of drug-likeness (QED) is 0.752. The number of rotatable bonds is 4. The Morgan fingerprint density at radius 1 is 1.35 bits per heavy atom. The van der Waals surface area contributed by atoms with Gasteiger partial charge in [0.15, 0.2) is 0 Å². The van der Waals surface area contributed by atoms with Gasteiger partial charge in [0.2, 0.25) is 0 Å². The zero-order valence-electron chi connectivity index (χ0n) is 10.9. The minimum atomic E-state index is -0.0624. The molecule has 4 heteroatoms. The molecular formula is C13H26N2O2. The fourth-order valence-electron chi connectivity index (χ4n) is 2.89. The van der Waals surface area contributed by atoms with Crippen molar-refractivity contribution in [1.82, 2.24) is 10.2 Å². The first-order valence-corrected chi connectivity index (χ1v) is 6.93. The number of hydrogen-bond donors (Lipinski definition) is 2. The van der Waals surface area contributed by atoms with E-state index < -0.39 is 0 Å². The zero-order chi connectivity index (χ0) is 12.1. The van der Waals surface area contributed by atoms with E-state index in [9.17, 15) is 5.11 Å². The fraction of sp³-hybridized carbons (Fsp3) is 1.00. The predicted octanol–water partition coefficient (Wildman–Crippen LogP) is 0.458. The number of likely N-dealkylation sites (N-methyl/N-ethyl adjacent to an activating group) is 1. The smallest absolute Gasteiger partial charge is 0.0826 e. The van der Waals surface area contributed by atoms with Gasteiger partial charge in [-0.25, -0.2) is 0 Å². The number of nitrogens with zero attached hydrogens (tertiary/aromatic N) is 1. The van der Waals surface area contributed by atoms with Gasteiger partial charge in [0.1, 0.15) is 0 Å². The van der Waals surface area contributed by atoms with Crippen LogP contribution < -0.4 is 5.32 Å². The van der Waals surface area contributed by atoms with E-state index in [1.54, 1.807) is 0 Å². The molecule has 0 spiro atoms. The van der Waals surface area contributed by atoms with Crippen molar-refractivity contribution in [1.29, 1.82) is 0 Å². The minimum Gasteiger partial charge on any atom is -0.393 e. The van der Waals surface area contributed by atoms with E-state index in [-0.39, 0.29) is 6.10 Å². The molecule has 4 nitrogen and oxygen atoms in total. The second-order valence-corrected chi connectivity index (χ2v) is 5.60. The SMILES string of the molecule is CN1CCOC(CNCC2CCCC(O)C2)C1. The van der Waals surface area contributed by atoms with Crippen LogP contribution >= 0.6 is 0 Å². The number of morpholine rings is 1. The Balaban J connectivity index is 1.58. The van der Waals surface area contributed by atoms with Crippen molar-refractivity contribution in [3.05, 3.63) is 0 Å². The number of nitrogens with one attached hydrogen (secondary N) is 1. The number of hydrogen-bond acceptors (Lipinski definition) is 4. The van der Waals surface area contributed by atoms with Crippen LogP contribution in [0.2, 0.25) is 0 Å². The molecule has 2 rings (SSSR count). The maximum Gasteiger partial charge on any atom is 0.0826 e. The van der Waals surface area contributed by atoms with Crippen LogP contribution in [0.3, 0.4) is 0 Å². The van der Waals surface area contributed by atoms with Gasteiger partial charge in [-0.2, -0.15) is 0 Å². The van der Waals surface area contributed by atoms with Gasteiger partial charge in [-0.15, -0.1) is 0 Å². The fourth-order valence-corrected chi connectivity index (χ4v) is 2.89. The first-order valence-electron chi connectivity index (χ1n) is 6.93. The topological polar surface area (TPSA) is 44.7 Å². The van der Waals surface area contributed by atoms with Gasteiger partial charge >= 0.3 is 0 Å². The molecule has 1 saturated carbocycles. The Morgan fingerprint density at radius 3 is 3.00 bits per heavy atom. The lowest BCUT2D eigenvalue weighted by Gasteiger charge is -2.31. The van der Waals surface area contributed by atoms with E-state index in [2.05, 4.69) is 17.3 Å². The summed E-state index contributed by atoms with van der Waals surface area (Å²) in [5.74, 6) is 0.653. The first kappa shape index (κ1) is 13.3. The summed E-state index contributed by atoms with van der Waals surface area (Å²) in [7, 11) is 2.15. The van der Waals surface area contributed by atoms with Gasteiger partial charge in [0, 0.05) is 19.6 Å². The van der Waals surface area contributed by atoms with Gasteiger partial charge in [-0.05, 0) is 38.8 Å². The highest BCUT2D eigenvalue weighted by molar-refractivity contribution is 4.76. The molecule has 0 bridgehead atoms. The van der Waals surface area contributed by atoms with Crippen molar-refractivity contribution < 1.29 is 9.84 Å². The molecule has 2 fully saturated rings. The summed E-state index contributed by atoms with van der Waals surface area (Å²) >= 11 is 0. The molecule has 0 aromatic rings. The summed E-state index contributed by atoms with van der Waals surface area (Å²) in [4.78, 5) is 2.32. The van der Waals surface area contributed by atoms with Crippen molar-refractivity contribution >= 4 is 0 Å². The summed E-state index contributed by atoms with van der Waals surface area (Å²) in [6.45, 7) is 4.90. The third-order valence-electron chi connectivity index (χ3n) is 3.90. The molecule has 0 radical (unpaired) electrons. The van der Waals surface area contributed by atoms with E-state index in [4.69, 9.17) is 4.74 Å². The van der Waals surface area contributed by atoms with E-state index in [0.717, 1.165) is 45.6 Å². The summed E-state index contributed by atoms with van der Waals surface area (Å²) in [6.07, 6.45) is 4.67. The Labute approximate surface area is 104 Å². The van der Waals surface area contributed by atoms with Gasteiger partial charge in [-0.3, -0.25) is 0 Å². The maximum absolute atomic E-state index is 9.60. The molecule has 3 unspecified atom stereocenters. The average Bonchev–Trinajstić information content (AvgIpc) is 2.29. The number of aliphatic hydroxyl groups excluding tert-OH is 1. The Morgan fingerprint density at radius 2 is 2.24 bits per heavy atom. The van der Waals surface area contributed by atoms with Crippen LogP contribution in [0.15, 0.2) is 0 Å².